The van der Waals surface area contributed by atoms with Crippen LogP contribution < -0.4 is 0 Å². The fourth-order valence-electron chi connectivity index (χ4n) is 2.86. The van der Waals surface area contributed by atoms with Crippen molar-refractivity contribution in [1.29, 1.82) is 0 Å². The predicted molar refractivity (Wildman–Crippen MR) is 77.7 cm³/mol. The quantitative estimate of drug-likeness (QED) is 0.678. The fraction of sp³-hybridized carbons (Fsp3) is 0.786. The molecule has 1 amide bonds. The smallest absolute Gasteiger partial charge is 0.276 e. The Morgan fingerprint density at radius 2 is 2.00 bits per heavy atom. The average Bonchev–Trinajstić information content (AvgIpc) is 3.00. The molecular formula is C14H22N4O5. The van der Waals surface area contributed by atoms with Gasteiger partial charge in [-0.25, -0.2) is 0 Å². The van der Waals surface area contributed by atoms with Gasteiger partial charge in [-0.1, -0.05) is 12.1 Å². The molecule has 2 N–H and O–H groups in total. The number of amides is 1. The van der Waals surface area contributed by atoms with E-state index in [-0.39, 0.29) is 43.3 Å². The van der Waals surface area contributed by atoms with Crippen LogP contribution in [0.1, 0.15) is 17.4 Å². The number of carbonyl (C=O) groups excluding carboxylic acids is 1. The lowest BCUT2D eigenvalue weighted by Crippen LogP contribution is -2.52. The van der Waals surface area contributed by atoms with Crippen LogP contribution in [0.5, 0.6) is 0 Å². The Balaban J connectivity index is 1.66. The standard InChI is InChI=1S/C14H22N4O5/c1-14(8-22-9-14)7-18-4-12(15-16-18)13(21)17-2-10(5-19)23-11(3-17)6-20/h4,10-11,19-20H,2-3,5-9H2,1H3/t10-,11+. The van der Waals surface area contributed by atoms with Gasteiger partial charge in [-0.05, 0) is 0 Å². The largest absolute Gasteiger partial charge is 0.394 e. The van der Waals surface area contributed by atoms with Gasteiger partial charge in [0.1, 0.15) is 0 Å². The van der Waals surface area contributed by atoms with Crippen molar-refractivity contribution >= 4 is 5.91 Å². The molecule has 128 valence electrons. The molecule has 2 aliphatic rings. The molecule has 9 heteroatoms. The van der Waals surface area contributed by atoms with Crippen LogP contribution in [0.2, 0.25) is 0 Å². The van der Waals surface area contributed by atoms with E-state index < -0.39 is 12.2 Å². The number of nitrogens with zero attached hydrogens (tertiary/aromatic N) is 4. The average molecular weight is 326 g/mol. The summed E-state index contributed by atoms with van der Waals surface area (Å²) in [6.45, 7) is 4.23. The van der Waals surface area contributed by atoms with Crippen LogP contribution in [0.15, 0.2) is 6.20 Å². The van der Waals surface area contributed by atoms with Crippen LogP contribution in [0.25, 0.3) is 0 Å². The second kappa shape index (κ2) is 6.52. The van der Waals surface area contributed by atoms with Crippen molar-refractivity contribution in [2.24, 2.45) is 5.41 Å². The monoisotopic (exact) mass is 326 g/mol. The Morgan fingerprint density at radius 3 is 2.52 bits per heavy atom. The fourth-order valence-corrected chi connectivity index (χ4v) is 2.86. The van der Waals surface area contributed by atoms with Gasteiger partial charge in [-0.2, -0.15) is 0 Å². The number of rotatable bonds is 5. The molecule has 0 bridgehead atoms. The van der Waals surface area contributed by atoms with Crippen LogP contribution >= 0.6 is 0 Å². The Bertz CT molecular complexity index is 547. The van der Waals surface area contributed by atoms with E-state index in [1.165, 1.54) is 4.90 Å². The Labute approximate surface area is 133 Å². The maximum Gasteiger partial charge on any atom is 0.276 e. The highest BCUT2D eigenvalue weighted by atomic mass is 16.5. The highest BCUT2D eigenvalue weighted by molar-refractivity contribution is 5.92. The maximum atomic E-state index is 12.6. The minimum absolute atomic E-state index is 0.0386. The van der Waals surface area contributed by atoms with Crippen LogP contribution in [0.3, 0.4) is 0 Å². The lowest BCUT2D eigenvalue weighted by Gasteiger charge is -2.37. The molecule has 0 aliphatic carbocycles. The molecule has 0 saturated carbocycles. The van der Waals surface area contributed by atoms with Crippen molar-refractivity contribution in [2.45, 2.75) is 25.7 Å². The minimum Gasteiger partial charge on any atom is -0.394 e. The van der Waals surface area contributed by atoms with Crippen LogP contribution in [-0.4, -0.2) is 87.7 Å². The molecule has 3 heterocycles. The first-order valence-corrected chi connectivity index (χ1v) is 7.67. The zero-order chi connectivity index (χ0) is 16.4. The van der Waals surface area contributed by atoms with Crippen LogP contribution in [0.4, 0.5) is 0 Å². The Hall–Kier alpha value is -1.55. The van der Waals surface area contributed by atoms with E-state index in [1.807, 2.05) is 0 Å². The molecule has 2 fully saturated rings. The Kier molecular flexibility index (Phi) is 4.62. The summed E-state index contributed by atoms with van der Waals surface area (Å²) in [5, 5.41) is 26.5. The number of ether oxygens (including phenoxy) is 2. The van der Waals surface area contributed by atoms with Gasteiger partial charge >= 0.3 is 0 Å². The second-order valence-electron chi connectivity index (χ2n) is 6.56. The molecular weight excluding hydrogens is 304 g/mol. The molecule has 0 radical (unpaired) electrons. The van der Waals surface area contributed by atoms with E-state index in [0.29, 0.717) is 19.8 Å². The third-order valence-corrected chi connectivity index (χ3v) is 4.13. The van der Waals surface area contributed by atoms with Crippen molar-refractivity contribution in [3.05, 3.63) is 11.9 Å². The summed E-state index contributed by atoms with van der Waals surface area (Å²) in [5.74, 6) is -0.272. The normalized spacial score (nSPS) is 26.8. The van der Waals surface area contributed by atoms with Crippen molar-refractivity contribution in [3.8, 4) is 0 Å². The second-order valence-corrected chi connectivity index (χ2v) is 6.56. The first-order chi connectivity index (χ1) is 11.0. The zero-order valence-corrected chi connectivity index (χ0v) is 13.1. The lowest BCUT2D eigenvalue weighted by molar-refractivity contribution is -0.111. The molecule has 1 aromatic heterocycles. The first kappa shape index (κ1) is 16.3. The Morgan fingerprint density at radius 1 is 1.35 bits per heavy atom. The third-order valence-electron chi connectivity index (χ3n) is 4.13. The van der Waals surface area contributed by atoms with Gasteiger partial charge in [-0.3, -0.25) is 9.48 Å². The van der Waals surface area contributed by atoms with E-state index in [0.717, 1.165) is 0 Å². The number of hydrogen-bond acceptors (Lipinski definition) is 7. The molecule has 0 spiro atoms. The molecule has 23 heavy (non-hydrogen) atoms. The first-order valence-electron chi connectivity index (χ1n) is 7.67. The van der Waals surface area contributed by atoms with Gasteiger partial charge in [0.15, 0.2) is 5.69 Å². The van der Waals surface area contributed by atoms with Crippen molar-refractivity contribution in [1.82, 2.24) is 19.9 Å². The summed E-state index contributed by atoms with van der Waals surface area (Å²) in [6, 6.07) is 0. The molecule has 9 nitrogen and oxygen atoms in total. The van der Waals surface area contributed by atoms with Gasteiger partial charge in [-0.15, -0.1) is 5.10 Å². The number of carbonyl (C=O) groups is 1. The lowest BCUT2D eigenvalue weighted by atomic mass is 9.89. The number of aromatic nitrogens is 3. The number of aliphatic hydroxyl groups is 2. The highest BCUT2D eigenvalue weighted by Crippen LogP contribution is 2.28. The third kappa shape index (κ3) is 3.52. The SMILES string of the molecule is CC1(Cn2cc(C(=O)N3C[C@@H](CO)O[C@@H](CO)C3)nn2)COC1. The molecule has 2 aliphatic heterocycles. The molecule has 0 aromatic carbocycles. The van der Waals surface area contributed by atoms with E-state index in [2.05, 4.69) is 17.2 Å². The summed E-state index contributed by atoms with van der Waals surface area (Å²) in [5.41, 5.74) is 0.292. The number of morpholine rings is 1. The molecule has 1 aromatic rings. The molecule has 3 rings (SSSR count). The van der Waals surface area contributed by atoms with Crippen molar-refractivity contribution in [2.75, 3.05) is 39.5 Å². The highest BCUT2D eigenvalue weighted by Gasteiger charge is 2.35. The summed E-state index contributed by atoms with van der Waals surface area (Å²) in [6.07, 6.45) is 0.639. The van der Waals surface area contributed by atoms with Crippen molar-refractivity contribution < 1.29 is 24.5 Å². The van der Waals surface area contributed by atoms with E-state index in [9.17, 15) is 15.0 Å². The van der Waals surface area contributed by atoms with Crippen molar-refractivity contribution in [3.63, 3.8) is 0 Å². The van der Waals surface area contributed by atoms with E-state index in [1.54, 1.807) is 10.9 Å². The number of hydrogen-bond donors (Lipinski definition) is 2. The minimum atomic E-state index is -0.495. The van der Waals surface area contributed by atoms with E-state index in [4.69, 9.17) is 9.47 Å². The summed E-state index contributed by atoms with van der Waals surface area (Å²) >= 11 is 0. The van der Waals surface area contributed by atoms with Gasteiger partial charge in [0.25, 0.3) is 5.91 Å². The predicted octanol–water partition coefficient (Wildman–Crippen LogP) is -1.49. The van der Waals surface area contributed by atoms with Gasteiger partial charge in [0, 0.05) is 18.5 Å². The summed E-state index contributed by atoms with van der Waals surface area (Å²) in [4.78, 5) is 14.1. The van der Waals surface area contributed by atoms with Crippen LogP contribution in [0, 0.1) is 5.41 Å². The number of aliphatic hydroxyl groups excluding tert-OH is 2. The van der Waals surface area contributed by atoms with Gasteiger partial charge in [0.2, 0.25) is 0 Å². The molecule has 2 atom stereocenters. The maximum absolute atomic E-state index is 12.6. The summed E-state index contributed by atoms with van der Waals surface area (Å²) in [7, 11) is 0. The summed E-state index contributed by atoms with van der Waals surface area (Å²) < 4.78 is 12.3. The van der Waals surface area contributed by atoms with Gasteiger partial charge < -0.3 is 24.6 Å². The molecule has 0 unspecified atom stereocenters. The van der Waals surface area contributed by atoms with Crippen LogP contribution in [-0.2, 0) is 16.0 Å². The topological polar surface area (TPSA) is 110 Å². The zero-order valence-electron chi connectivity index (χ0n) is 13.1. The van der Waals surface area contributed by atoms with Gasteiger partial charge in [0.05, 0.1) is 51.4 Å². The molecule has 2 saturated heterocycles. The van der Waals surface area contributed by atoms with E-state index >= 15 is 0 Å².